The third-order valence-corrected chi connectivity index (χ3v) is 3.50. The van der Waals surface area contributed by atoms with Gasteiger partial charge in [0.25, 0.3) is 5.91 Å². The molecule has 1 aliphatic rings. The largest absolute Gasteiger partial charge is 0.376 e. The lowest BCUT2D eigenvalue weighted by atomic mass is 10.2. The zero-order valence-corrected chi connectivity index (χ0v) is 12.0. The first-order chi connectivity index (χ1) is 10.2. The van der Waals surface area contributed by atoms with E-state index in [0.717, 1.165) is 25.1 Å². The van der Waals surface area contributed by atoms with Crippen LogP contribution in [0.3, 0.4) is 0 Å². The van der Waals surface area contributed by atoms with Crippen LogP contribution in [0.25, 0.3) is 5.69 Å². The average Bonchev–Trinajstić information content (AvgIpc) is 3.15. The molecule has 1 fully saturated rings. The Kier molecular flexibility index (Phi) is 3.96. The quantitative estimate of drug-likeness (QED) is 0.924. The number of nitrogens with zero attached hydrogens (tertiary/aromatic N) is 3. The normalized spacial score (nSPS) is 17.9. The lowest BCUT2D eigenvalue weighted by molar-refractivity contribution is 0.0853. The summed E-state index contributed by atoms with van der Waals surface area (Å²) in [6.07, 6.45) is 2.18. The molecule has 1 aliphatic heterocycles. The van der Waals surface area contributed by atoms with Gasteiger partial charge in [-0.05, 0) is 31.9 Å². The van der Waals surface area contributed by atoms with Crippen molar-refractivity contribution in [3.05, 3.63) is 41.7 Å². The van der Waals surface area contributed by atoms with Gasteiger partial charge in [-0.1, -0.05) is 18.2 Å². The molecule has 3 rings (SSSR count). The number of nitrogens with one attached hydrogen (secondary N) is 1. The van der Waals surface area contributed by atoms with Gasteiger partial charge in [0.15, 0.2) is 5.69 Å². The Morgan fingerprint density at radius 2 is 2.19 bits per heavy atom. The maximum absolute atomic E-state index is 12.2. The fourth-order valence-corrected chi connectivity index (χ4v) is 2.36. The van der Waals surface area contributed by atoms with Crippen molar-refractivity contribution in [2.45, 2.75) is 25.9 Å². The lowest BCUT2D eigenvalue weighted by Crippen LogP contribution is -2.32. The number of hydrogen-bond acceptors (Lipinski definition) is 4. The summed E-state index contributed by atoms with van der Waals surface area (Å²) in [6.45, 7) is 3.09. The molecule has 21 heavy (non-hydrogen) atoms. The van der Waals surface area contributed by atoms with Gasteiger partial charge in [0.05, 0.1) is 17.5 Å². The molecule has 0 radical (unpaired) electrons. The van der Waals surface area contributed by atoms with E-state index < -0.39 is 0 Å². The number of rotatable bonds is 4. The van der Waals surface area contributed by atoms with Crippen molar-refractivity contribution >= 4 is 5.91 Å². The molecule has 2 aromatic rings. The van der Waals surface area contributed by atoms with Gasteiger partial charge >= 0.3 is 0 Å². The number of benzene rings is 1. The number of carbonyl (C=O) groups is 1. The summed E-state index contributed by atoms with van der Waals surface area (Å²) in [5, 5.41) is 11.4. The minimum absolute atomic E-state index is 0.124. The van der Waals surface area contributed by atoms with Crippen LogP contribution >= 0.6 is 0 Å². The van der Waals surface area contributed by atoms with Crippen molar-refractivity contribution in [3.63, 3.8) is 0 Å². The molecule has 0 bridgehead atoms. The first-order valence-corrected chi connectivity index (χ1v) is 7.13. The summed E-state index contributed by atoms with van der Waals surface area (Å²) in [6, 6.07) is 9.53. The molecule has 1 saturated heterocycles. The maximum atomic E-state index is 12.2. The smallest absolute Gasteiger partial charge is 0.273 e. The zero-order chi connectivity index (χ0) is 14.7. The molecule has 1 aromatic heterocycles. The summed E-state index contributed by atoms with van der Waals surface area (Å²) in [5.74, 6) is -0.204. The molecule has 2 heterocycles. The number of aryl methyl sites for hydroxylation is 1. The van der Waals surface area contributed by atoms with Crippen LogP contribution in [0.15, 0.2) is 30.3 Å². The molecule has 110 valence electrons. The Morgan fingerprint density at radius 3 is 2.90 bits per heavy atom. The number of para-hydroxylation sites is 1. The molecule has 1 amide bonds. The highest BCUT2D eigenvalue weighted by Gasteiger charge is 2.20. The minimum Gasteiger partial charge on any atom is -0.376 e. The topological polar surface area (TPSA) is 69.0 Å². The molecule has 1 atom stereocenters. The van der Waals surface area contributed by atoms with E-state index in [1.165, 1.54) is 4.80 Å². The van der Waals surface area contributed by atoms with Crippen LogP contribution in [-0.4, -0.2) is 40.2 Å². The van der Waals surface area contributed by atoms with E-state index in [9.17, 15) is 4.79 Å². The van der Waals surface area contributed by atoms with Gasteiger partial charge in [0.1, 0.15) is 0 Å². The van der Waals surface area contributed by atoms with Crippen LogP contribution in [0.5, 0.6) is 0 Å². The van der Waals surface area contributed by atoms with Crippen molar-refractivity contribution in [3.8, 4) is 5.69 Å². The van der Waals surface area contributed by atoms with Crippen molar-refractivity contribution in [1.82, 2.24) is 20.3 Å². The second-order valence-corrected chi connectivity index (χ2v) is 5.10. The van der Waals surface area contributed by atoms with Crippen molar-refractivity contribution in [2.24, 2.45) is 0 Å². The fraction of sp³-hybridized carbons (Fsp3) is 0.400. The SMILES string of the molecule is Cc1nn(-c2ccccc2)nc1C(=O)NCC1CCCO1. The van der Waals surface area contributed by atoms with E-state index in [2.05, 4.69) is 15.5 Å². The van der Waals surface area contributed by atoms with Gasteiger partial charge in [-0.25, -0.2) is 0 Å². The van der Waals surface area contributed by atoms with Crippen LogP contribution < -0.4 is 5.32 Å². The van der Waals surface area contributed by atoms with E-state index in [1.807, 2.05) is 30.3 Å². The van der Waals surface area contributed by atoms with Crippen molar-refractivity contribution < 1.29 is 9.53 Å². The maximum Gasteiger partial charge on any atom is 0.273 e. The Labute approximate surface area is 123 Å². The molecule has 1 N–H and O–H groups in total. The van der Waals surface area contributed by atoms with E-state index >= 15 is 0 Å². The standard InChI is InChI=1S/C15H18N4O2/c1-11-14(15(20)16-10-13-8-5-9-21-13)18-19(17-11)12-6-3-2-4-7-12/h2-4,6-7,13H,5,8-10H2,1H3,(H,16,20). The van der Waals surface area contributed by atoms with Crippen molar-refractivity contribution in [2.75, 3.05) is 13.2 Å². The summed E-state index contributed by atoms with van der Waals surface area (Å²) in [5.41, 5.74) is 1.80. The lowest BCUT2D eigenvalue weighted by Gasteiger charge is -2.09. The molecule has 0 aliphatic carbocycles. The highest BCUT2D eigenvalue weighted by Crippen LogP contribution is 2.11. The second kappa shape index (κ2) is 6.05. The summed E-state index contributed by atoms with van der Waals surface area (Å²) in [7, 11) is 0. The fourth-order valence-electron chi connectivity index (χ4n) is 2.36. The Bertz CT molecular complexity index is 618. The third-order valence-electron chi connectivity index (χ3n) is 3.50. The molecular weight excluding hydrogens is 268 g/mol. The molecular formula is C15H18N4O2. The van der Waals surface area contributed by atoms with E-state index in [1.54, 1.807) is 6.92 Å². The molecule has 0 spiro atoms. The summed E-state index contributed by atoms with van der Waals surface area (Å²) >= 11 is 0. The van der Waals surface area contributed by atoms with Gasteiger partial charge in [-0.2, -0.15) is 9.90 Å². The Balaban J connectivity index is 1.70. The van der Waals surface area contributed by atoms with Crippen LogP contribution in [0.2, 0.25) is 0 Å². The number of ether oxygens (including phenoxy) is 1. The molecule has 1 aromatic carbocycles. The van der Waals surface area contributed by atoms with Crippen LogP contribution in [-0.2, 0) is 4.74 Å². The predicted octanol–water partition coefficient (Wildman–Crippen LogP) is 1.48. The number of amides is 1. The van der Waals surface area contributed by atoms with Crippen LogP contribution in [0, 0.1) is 6.92 Å². The Hall–Kier alpha value is -2.21. The minimum atomic E-state index is -0.204. The second-order valence-electron chi connectivity index (χ2n) is 5.10. The third kappa shape index (κ3) is 3.11. The first-order valence-electron chi connectivity index (χ1n) is 7.13. The van der Waals surface area contributed by atoms with E-state index in [-0.39, 0.29) is 12.0 Å². The molecule has 1 unspecified atom stereocenters. The van der Waals surface area contributed by atoms with Gasteiger partial charge < -0.3 is 10.1 Å². The summed E-state index contributed by atoms with van der Waals surface area (Å²) in [4.78, 5) is 13.7. The molecule has 6 heteroatoms. The summed E-state index contributed by atoms with van der Waals surface area (Å²) < 4.78 is 5.49. The van der Waals surface area contributed by atoms with E-state index in [4.69, 9.17) is 4.74 Å². The molecule has 0 saturated carbocycles. The average molecular weight is 286 g/mol. The first kappa shape index (κ1) is 13.8. The monoisotopic (exact) mass is 286 g/mol. The number of hydrogen-bond donors (Lipinski definition) is 1. The van der Waals surface area contributed by atoms with Crippen LogP contribution in [0.4, 0.5) is 0 Å². The zero-order valence-electron chi connectivity index (χ0n) is 12.0. The van der Waals surface area contributed by atoms with Gasteiger partial charge in [-0.15, -0.1) is 5.10 Å². The highest BCUT2D eigenvalue weighted by molar-refractivity contribution is 5.93. The van der Waals surface area contributed by atoms with Crippen LogP contribution in [0.1, 0.15) is 29.0 Å². The van der Waals surface area contributed by atoms with Gasteiger partial charge in [0, 0.05) is 13.2 Å². The Morgan fingerprint density at radius 1 is 1.38 bits per heavy atom. The van der Waals surface area contributed by atoms with Crippen molar-refractivity contribution in [1.29, 1.82) is 0 Å². The van der Waals surface area contributed by atoms with Gasteiger partial charge in [0.2, 0.25) is 0 Å². The van der Waals surface area contributed by atoms with E-state index in [0.29, 0.717) is 17.9 Å². The number of carbonyl (C=O) groups excluding carboxylic acids is 1. The highest BCUT2D eigenvalue weighted by atomic mass is 16.5. The number of aromatic nitrogens is 3. The predicted molar refractivity (Wildman–Crippen MR) is 77.4 cm³/mol. The molecule has 6 nitrogen and oxygen atoms in total. The van der Waals surface area contributed by atoms with Gasteiger partial charge in [-0.3, -0.25) is 4.79 Å².